The highest BCUT2D eigenvalue weighted by molar-refractivity contribution is 9.12. The number of rotatable bonds is 8. The first-order valence-electron chi connectivity index (χ1n) is 7.08. The molecule has 2 heterocycles. The molecule has 8 heteroatoms. The molecule has 1 aromatic rings. The number of nitrogens with zero attached hydrogens (tertiary/aromatic N) is 1. The summed E-state index contributed by atoms with van der Waals surface area (Å²) in [6.45, 7) is 5.33. The van der Waals surface area contributed by atoms with Crippen molar-refractivity contribution in [2.24, 2.45) is 0 Å². The Balaban J connectivity index is 1.96. The molecule has 0 saturated carbocycles. The molecular weight excluding hydrogens is 438 g/mol. The molecule has 0 aliphatic carbocycles. The largest absolute Gasteiger partial charge is 0.353 e. The van der Waals surface area contributed by atoms with Crippen molar-refractivity contribution in [2.45, 2.75) is 33.0 Å². The lowest BCUT2D eigenvalue weighted by Crippen LogP contribution is -2.32. The van der Waals surface area contributed by atoms with Gasteiger partial charge in [-0.2, -0.15) is 0 Å². The second kappa shape index (κ2) is 8.01. The van der Waals surface area contributed by atoms with Gasteiger partial charge in [0.1, 0.15) is 0 Å². The molecule has 0 fully saturated rings. The average Bonchev–Trinajstić information content (AvgIpc) is 2.89. The van der Waals surface area contributed by atoms with Crippen LogP contribution in [0.2, 0.25) is 0 Å². The summed E-state index contributed by atoms with van der Waals surface area (Å²) < 4.78 is 12.3. The van der Waals surface area contributed by atoms with Crippen LogP contribution in [0.25, 0.3) is 0 Å². The Morgan fingerprint density at radius 1 is 1.05 bits per heavy atom. The molecule has 1 aliphatic heterocycles. The van der Waals surface area contributed by atoms with Gasteiger partial charge in [-0.05, 0) is 52.1 Å². The SMILES string of the molecule is CCOC(CCCN1C(=O)c2c(Br)sc(Br)c2C1=O)OCC. The minimum atomic E-state index is -0.283. The number of imide groups is 1. The predicted octanol–water partition coefficient (Wildman–Crippen LogP) is 4.05. The molecular formula is C14H17Br2NO4S. The van der Waals surface area contributed by atoms with E-state index >= 15 is 0 Å². The van der Waals surface area contributed by atoms with E-state index in [1.807, 2.05) is 13.8 Å². The molecule has 1 aliphatic rings. The first kappa shape index (κ1) is 18.1. The summed E-state index contributed by atoms with van der Waals surface area (Å²) in [5, 5.41) is 0. The summed E-state index contributed by atoms with van der Waals surface area (Å²) in [5.74, 6) is -0.476. The fraction of sp³-hybridized carbons (Fsp3) is 0.571. The van der Waals surface area contributed by atoms with E-state index in [2.05, 4.69) is 31.9 Å². The van der Waals surface area contributed by atoms with Crippen LogP contribution in [0, 0.1) is 0 Å². The van der Waals surface area contributed by atoms with Gasteiger partial charge in [-0.3, -0.25) is 14.5 Å². The molecule has 0 bridgehead atoms. The third-order valence-corrected chi connectivity index (χ3v) is 5.80. The number of halogens is 2. The lowest BCUT2D eigenvalue weighted by atomic mass is 10.2. The molecule has 0 spiro atoms. The maximum absolute atomic E-state index is 12.4. The van der Waals surface area contributed by atoms with Gasteiger partial charge in [-0.1, -0.05) is 0 Å². The highest BCUT2D eigenvalue weighted by atomic mass is 79.9. The zero-order chi connectivity index (χ0) is 16.3. The number of hydrogen-bond acceptors (Lipinski definition) is 5. The van der Waals surface area contributed by atoms with Crippen LogP contribution in [0.1, 0.15) is 47.4 Å². The fourth-order valence-electron chi connectivity index (χ4n) is 2.33. The van der Waals surface area contributed by atoms with Gasteiger partial charge in [0.2, 0.25) is 0 Å². The Labute approximate surface area is 150 Å². The summed E-state index contributed by atoms with van der Waals surface area (Å²) in [6.07, 6.45) is 1.01. The van der Waals surface area contributed by atoms with Crippen LogP contribution in [0.4, 0.5) is 0 Å². The van der Waals surface area contributed by atoms with E-state index in [1.165, 1.54) is 16.2 Å². The van der Waals surface area contributed by atoms with E-state index in [0.29, 0.717) is 51.3 Å². The molecule has 2 amide bonds. The number of ether oxygens (including phenoxy) is 2. The summed E-state index contributed by atoms with van der Waals surface area (Å²) in [6, 6.07) is 0. The lowest BCUT2D eigenvalue weighted by molar-refractivity contribution is -0.140. The number of thiophene rings is 1. The van der Waals surface area contributed by atoms with Crippen LogP contribution in [-0.2, 0) is 9.47 Å². The lowest BCUT2D eigenvalue weighted by Gasteiger charge is -2.19. The topological polar surface area (TPSA) is 55.8 Å². The van der Waals surface area contributed by atoms with Gasteiger partial charge in [0, 0.05) is 26.2 Å². The summed E-state index contributed by atoms with van der Waals surface area (Å²) in [5.41, 5.74) is 0.932. The number of hydrogen-bond donors (Lipinski definition) is 0. The van der Waals surface area contributed by atoms with Crippen molar-refractivity contribution in [2.75, 3.05) is 19.8 Å². The average molecular weight is 455 g/mol. The molecule has 122 valence electrons. The highest BCUT2D eigenvalue weighted by Gasteiger charge is 2.40. The van der Waals surface area contributed by atoms with Gasteiger partial charge in [-0.15, -0.1) is 11.3 Å². The quantitative estimate of drug-likeness (QED) is 0.439. The van der Waals surface area contributed by atoms with Crippen LogP contribution in [0.15, 0.2) is 7.57 Å². The van der Waals surface area contributed by atoms with Crippen molar-refractivity contribution in [1.82, 2.24) is 4.90 Å². The maximum Gasteiger partial charge on any atom is 0.263 e. The van der Waals surface area contributed by atoms with Crippen LogP contribution in [-0.4, -0.2) is 42.8 Å². The Hall–Kier alpha value is -0.280. The van der Waals surface area contributed by atoms with E-state index in [-0.39, 0.29) is 18.1 Å². The number of fused-ring (bicyclic) bond motifs is 1. The molecule has 1 aromatic heterocycles. The van der Waals surface area contributed by atoms with Gasteiger partial charge in [-0.25, -0.2) is 0 Å². The van der Waals surface area contributed by atoms with Gasteiger partial charge in [0.15, 0.2) is 6.29 Å². The Morgan fingerprint density at radius 2 is 1.55 bits per heavy atom. The zero-order valence-corrected chi connectivity index (χ0v) is 16.3. The minimum absolute atomic E-state index is 0.238. The van der Waals surface area contributed by atoms with E-state index in [4.69, 9.17) is 9.47 Å². The molecule has 2 rings (SSSR count). The summed E-state index contributed by atoms with van der Waals surface area (Å²) >= 11 is 8.04. The molecule has 0 saturated heterocycles. The second-order valence-electron chi connectivity index (χ2n) is 4.64. The van der Waals surface area contributed by atoms with Crippen LogP contribution in [0.3, 0.4) is 0 Å². The predicted molar refractivity (Wildman–Crippen MR) is 91.4 cm³/mol. The van der Waals surface area contributed by atoms with E-state index < -0.39 is 0 Å². The van der Waals surface area contributed by atoms with Crippen molar-refractivity contribution in [3.8, 4) is 0 Å². The van der Waals surface area contributed by atoms with E-state index in [9.17, 15) is 9.59 Å². The van der Waals surface area contributed by atoms with Crippen LogP contribution < -0.4 is 0 Å². The second-order valence-corrected chi connectivity index (χ2v) is 8.30. The minimum Gasteiger partial charge on any atom is -0.353 e. The number of carbonyl (C=O) groups excluding carboxylic acids is 2. The molecule has 0 atom stereocenters. The van der Waals surface area contributed by atoms with E-state index in [0.717, 1.165) is 0 Å². The summed E-state index contributed by atoms with van der Waals surface area (Å²) in [7, 11) is 0. The van der Waals surface area contributed by atoms with Gasteiger partial charge in [0.25, 0.3) is 11.8 Å². The normalized spacial score (nSPS) is 14.3. The number of carbonyl (C=O) groups is 2. The van der Waals surface area contributed by atoms with Crippen LogP contribution >= 0.6 is 43.2 Å². The van der Waals surface area contributed by atoms with Crippen molar-refractivity contribution in [3.63, 3.8) is 0 Å². The molecule has 0 N–H and O–H groups in total. The monoisotopic (exact) mass is 453 g/mol. The first-order chi connectivity index (χ1) is 10.5. The van der Waals surface area contributed by atoms with Crippen LogP contribution in [0.5, 0.6) is 0 Å². The molecule has 22 heavy (non-hydrogen) atoms. The van der Waals surface area contributed by atoms with Crippen molar-refractivity contribution < 1.29 is 19.1 Å². The van der Waals surface area contributed by atoms with E-state index in [1.54, 1.807) is 0 Å². The summed E-state index contributed by atoms with van der Waals surface area (Å²) in [4.78, 5) is 26.0. The highest BCUT2D eigenvalue weighted by Crippen LogP contribution is 2.41. The van der Waals surface area contributed by atoms with Gasteiger partial charge >= 0.3 is 0 Å². The Bertz CT molecular complexity index is 533. The molecule has 0 unspecified atom stereocenters. The zero-order valence-electron chi connectivity index (χ0n) is 12.4. The number of amides is 2. The van der Waals surface area contributed by atoms with Crippen molar-refractivity contribution in [3.05, 3.63) is 18.7 Å². The van der Waals surface area contributed by atoms with Crippen molar-refractivity contribution in [1.29, 1.82) is 0 Å². The first-order valence-corrected chi connectivity index (χ1v) is 9.48. The molecule has 0 radical (unpaired) electrons. The fourth-order valence-corrected chi connectivity index (χ4v) is 5.43. The Morgan fingerprint density at radius 3 is 2.00 bits per heavy atom. The maximum atomic E-state index is 12.4. The molecule has 0 aromatic carbocycles. The smallest absolute Gasteiger partial charge is 0.263 e. The van der Waals surface area contributed by atoms with Gasteiger partial charge in [0.05, 0.1) is 18.7 Å². The third kappa shape index (κ3) is 3.62. The Kier molecular flexibility index (Phi) is 6.58. The van der Waals surface area contributed by atoms with Gasteiger partial charge < -0.3 is 9.47 Å². The van der Waals surface area contributed by atoms with Crippen molar-refractivity contribution >= 4 is 55.0 Å². The standard InChI is InChI=1S/C14H17Br2NO4S/c1-3-20-8(21-4-2)6-5-7-17-13(18)9-10(14(17)19)12(16)22-11(9)15/h8H,3-7H2,1-2H3. The molecule has 5 nitrogen and oxygen atoms in total. The third-order valence-electron chi connectivity index (χ3n) is 3.27.